The third kappa shape index (κ3) is 1.62. The Bertz CT molecular complexity index is 532. The highest BCUT2D eigenvalue weighted by atomic mass is 16.3. The highest BCUT2D eigenvalue weighted by Crippen LogP contribution is 2.36. The molecule has 90 valence electrons. The largest absolute Gasteiger partial charge is 0.386 e. The molecule has 0 aliphatic heterocycles. The van der Waals surface area contributed by atoms with Gasteiger partial charge in [0.1, 0.15) is 11.9 Å². The van der Waals surface area contributed by atoms with Crippen molar-refractivity contribution in [3.63, 3.8) is 0 Å². The maximum absolute atomic E-state index is 9.94. The molecule has 1 saturated carbocycles. The Balaban J connectivity index is 2.16. The Morgan fingerprint density at radius 1 is 1.41 bits per heavy atom. The van der Waals surface area contributed by atoms with Crippen LogP contribution in [0, 0.1) is 0 Å². The summed E-state index contributed by atoms with van der Waals surface area (Å²) in [6.07, 6.45) is 2.91. The topological polar surface area (TPSA) is 76.4 Å². The Labute approximate surface area is 99.3 Å². The molecule has 1 aliphatic rings. The van der Waals surface area contributed by atoms with Crippen molar-refractivity contribution in [3.8, 4) is 0 Å². The zero-order valence-electron chi connectivity index (χ0n) is 9.58. The Morgan fingerprint density at radius 2 is 2.24 bits per heavy atom. The van der Waals surface area contributed by atoms with Crippen molar-refractivity contribution in [1.29, 1.82) is 0 Å². The molecule has 0 spiro atoms. The average molecular weight is 232 g/mol. The maximum atomic E-state index is 9.94. The molecule has 5 nitrogen and oxygen atoms in total. The Hall–Kier alpha value is -1.46. The molecule has 0 bridgehead atoms. The van der Waals surface area contributed by atoms with Crippen LogP contribution in [0.3, 0.4) is 0 Å². The number of aromatic nitrogens is 3. The van der Waals surface area contributed by atoms with Gasteiger partial charge in [0.05, 0.1) is 5.69 Å². The second-order valence-corrected chi connectivity index (χ2v) is 4.58. The lowest BCUT2D eigenvalue weighted by Gasteiger charge is -2.24. The smallest absolute Gasteiger partial charge is 0.161 e. The van der Waals surface area contributed by atoms with Crippen LogP contribution in [-0.2, 0) is 0 Å². The number of rotatable bonds is 3. The molecule has 3 N–H and O–H groups in total. The van der Waals surface area contributed by atoms with Crippen molar-refractivity contribution in [3.05, 3.63) is 29.7 Å². The summed E-state index contributed by atoms with van der Waals surface area (Å²) < 4.78 is 1.96. The van der Waals surface area contributed by atoms with Gasteiger partial charge in [-0.1, -0.05) is 12.5 Å². The quantitative estimate of drug-likeness (QED) is 0.827. The number of aliphatic hydroxyl groups excluding tert-OH is 1. The van der Waals surface area contributed by atoms with Gasteiger partial charge in [0.15, 0.2) is 5.65 Å². The molecule has 3 rings (SSSR count). The summed E-state index contributed by atoms with van der Waals surface area (Å²) in [5.74, 6) is 1.45. The van der Waals surface area contributed by atoms with Crippen LogP contribution in [0.25, 0.3) is 5.65 Å². The third-order valence-corrected chi connectivity index (χ3v) is 3.52. The molecule has 0 saturated heterocycles. The van der Waals surface area contributed by atoms with Gasteiger partial charge in [-0.2, -0.15) is 0 Å². The summed E-state index contributed by atoms with van der Waals surface area (Å²) in [4.78, 5) is 0. The van der Waals surface area contributed by atoms with Crippen molar-refractivity contribution in [2.45, 2.75) is 31.3 Å². The Morgan fingerprint density at radius 3 is 2.88 bits per heavy atom. The molecular weight excluding hydrogens is 216 g/mol. The third-order valence-electron chi connectivity index (χ3n) is 3.52. The van der Waals surface area contributed by atoms with Crippen LogP contribution in [0.1, 0.15) is 42.8 Å². The van der Waals surface area contributed by atoms with E-state index < -0.39 is 6.10 Å². The van der Waals surface area contributed by atoms with Crippen molar-refractivity contribution in [2.75, 3.05) is 6.54 Å². The maximum Gasteiger partial charge on any atom is 0.161 e. The minimum absolute atomic E-state index is 0.210. The molecule has 0 aromatic carbocycles. The summed E-state index contributed by atoms with van der Waals surface area (Å²) in [6, 6.07) is 5.67. The van der Waals surface area contributed by atoms with Crippen LogP contribution in [0.2, 0.25) is 0 Å². The predicted octanol–water partition coefficient (Wildman–Crippen LogP) is 0.989. The van der Waals surface area contributed by atoms with E-state index in [1.807, 2.05) is 22.6 Å². The monoisotopic (exact) mass is 232 g/mol. The van der Waals surface area contributed by atoms with Gasteiger partial charge in [-0.25, -0.2) is 0 Å². The van der Waals surface area contributed by atoms with E-state index in [9.17, 15) is 5.11 Å². The normalized spacial score (nSPS) is 18.2. The highest BCUT2D eigenvalue weighted by Gasteiger charge is 2.26. The van der Waals surface area contributed by atoms with Crippen LogP contribution >= 0.6 is 0 Å². The van der Waals surface area contributed by atoms with Gasteiger partial charge < -0.3 is 10.8 Å². The van der Waals surface area contributed by atoms with E-state index in [0.717, 1.165) is 30.0 Å². The molecular formula is C12H16N4O. The molecule has 1 atom stereocenters. The lowest BCUT2D eigenvalue weighted by Crippen LogP contribution is -2.18. The molecule has 2 heterocycles. The first-order valence-electron chi connectivity index (χ1n) is 6.03. The molecule has 1 unspecified atom stereocenters. The van der Waals surface area contributed by atoms with Crippen LogP contribution in [-0.4, -0.2) is 26.2 Å². The standard InChI is InChI=1S/C12H16N4O/c13-7-10(17)9-5-2-6-11-14-15-12(16(9)11)8-3-1-4-8/h2,5-6,8,10,17H,1,3-4,7,13H2. The van der Waals surface area contributed by atoms with Crippen molar-refractivity contribution in [1.82, 2.24) is 14.6 Å². The lowest BCUT2D eigenvalue weighted by molar-refractivity contribution is 0.179. The van der Waals surface area contributed by atoms with E-state index in [1.54, 1.807) is 0 Å². The molecule has 5 heteroatoms. The second kappa shape index (κ2) is 4.09. The fraction of sp³-hybridized carbons (Fsp3) is 0.500. The molecule has 2 aromatic rings. The summed E-state index contributed by atoms with van der Waals surface area (Å²) in [6.45, 7) is 0.210. The van der Waals surface area contributed by atoms with E-state index in [-0.39, 0.29) is 6.54 Å². The second-order valence-electron chi connectivity index (χ2n) is 4.58. The molecule has 1 aliphatic carbocycles. The van der Waals surface area contributed by atoms with Crippen LogP contribution in [0.4, 0.5) is 0 Å². The number of pyridine rings is 1. The highest BCUT2D eigenvalue weighted by molar-refractivity contribution is 5.41. The molecule has 0 radical (unpaired) electrons. The van der Waals surface area contributed by atoms with Gasteiger partial charge >= 0.3 is 0 Å². The van der Waals surface area contributed by atoms with Gasteiger partial charge in [0.25, 0.3) is 0 Å². The van der Waals surface area contributed by atoms with Gasteiger partial charge in [-0.05, 0) is 25.0 Å². The van der Waals surface area contributed by atoms with Gasteiger partial charge in [-0.15, -0.1) is 10.2 Å². The van der Waals surface area contributed by atoms with Crippen LogP contribution < -0.4 is 5.73 Å². The van der Waals surface area contributed by atoms with Crippen LogP contribution in [0.15, 0.2) is 18.2 Å². The average Bonchev–Trinajstić information content (AvgIpc) is 2.70. The number of nitrogens with two attached hydrogens (primary N) is 1. The predicted molar refractivity (Wildman–Crippen MR) is 63.6 cm³/mol. The van der Waals surface area contributed by atoms with E-state index in [1.165, 1.54) is 6.42 Å². The summed E-state index contributed by atoms with van der Waals surface area (Å²) >= 11 is 0. The lowest BCUT2D eigenvalue weighted by atomic mass is 9.85. The van der Waals surface area contributed by atoms with Crippen molar-refractivity contribution < 1.29 is 5.11 Å². The van der Waals surface area contributed by atoms with Gasteiger partial charge in [0, 0.05) is 12.5 Å². The van der Waals surface area contributed by atoms with E-state index in [0.29, 0.717) is 5.92 Å². The van der Waals surface area contributed by atoms with Crippen molar-refractivity contribution in [2.24, 2.45) is 5.73 Å². The molecule has 1 fully saturated rings. The summed E-state index contributed by atoms with van der Waals surface area (Å²) in [7, 11) is 0. The van der Waals surface area contributed by atoms with E-state index >= 15 is 0 Å². The fourth-order valence-corrected chi connectivity index (χ4v) is 2.30. The van der Waals surface area contributed by atoms with Crippen LogP contribution in [0.5, 0.6) is 0 Å². The summed E-state index contributed by atoms with van der Waals surface area (Å²) in [5, 5.41) is 18.4. The minimum Gasteiger partial charge on any atom is -0.386 e. The number of hydrogen-bond donors (Lipinski definition) is 2. The van der Waals surface area contributed by atoms with Gasteiger partial charge in [0.2, 0.25) is 0 Å². The molecule has 17 heavy (non-hydrogen) atoms. The van der Waals surface area contributed by atoms with E-state index in [4.69, 9.17) is 5.73 Å². The fourth-order valence-electron chi connectivity index (χ4n) is 2.30. The first-order chi connectivity index (χ1) is 8.31. The number of nitrogens with zero attached hydrogens (tertiary/aromatic N) is 3. The zero-order valence-corrected chi connectivity index (χ0v) is 9.58. The Kier molecular flexibility index (Phi) is 2.57. The van der Waals surface area contributed by atoms with E-state index in [2.05, 4.69) is 10.2 Å². The minimum atomic E-state index is -0.659. The van der Waals surface area contributed by atoms with Crippen molar-refractivity contribution >= 4 is 5.65 Å². The summed E-state index contributed by atoms with van der Waals surface area (Å²) in [5.41, 5.74) is 7.11. The first kappa shape index (κ1) is 10.7. The number of aliphatic hydroxyl groups is 1. The first-order valence-corrected chi connectivity index (χ1v) is 6.03. The number of fused-ring (bicyclic) bond motifs is 1. The van der Waals surface area contributed by atoms with Gasteiger partial charge in [-0.3, -0.25) is 4.40 Å². The zero-order chi connectivity index (χ0) is 11.8. The number of hydrogen-bond acceptors (Lipinski definition) is 4. The SMILES string of the molecule is NCC(O)c1cccc2nnc(C3CCC3)n12. The molecule has 0 amide bonds. The molecule has 2 aromatic heterocycles.